The van der Waals surface area contributed by atoms with Gasteiger partial charge in [-0.2, -0.15) is 8.78 Å². The highest BCUT2D eigenvalue weighted by Gasteiger charge is 2.46. The summed E-state index contributed by atoms with van der Waals surface area (Å²) in [6, 6.07) is 1.92. The van der Waals surface area contributed by atoms with Crippen LogP contribution in [0.4, 0.5) is 18.9 Å². The number of amides is 1. The van der Waals surface area contributed by atoms with Crippen molar-refractivity contribution >= 4 is 27.5 Å². The van der Waals surface area contributed by atoms with E-state index >= 15 is 0 Å². The molecule has 1 amide bonds. The van der Waals surface area contributed by atoms with E-state index in [2.05, 4.69) is 20.7 Å². The number of alkyl halides is 2. The van der Waals surface area contributed by atoms with Gasteiger partial charge in [0, 0.05) is 6.07 Å². The first-order chi connectivity index (χ1) is 6.90. The molecule has 1 aromatic carbocycles. The summed E-state index contributed by atoms with van der Waals surface area (Å²) in [4.78, 5) is 10.8. The number of ether oxygens (including phenoxy) is 1. The van der Waals surface area contributed by atoms with Crippen molar-refractivity contribution in [3.63, 3.8) is 0 Å². The number of anilines is 1. The number of hydrogen-bond donors (Lipinski definition) is 1. The lowest BCUT2D eigenvalue weighted by molar-refractivity contribution is -0.189. The lowest BCUT2D eigenvalue weighted by atomic mass is 10.2. The first-order valence-corrected chi connectivity index (χ1v) is 4.57. The number of rotatable bonds is 0. The number of halogens is 4. The van der Waals surface area contributed by atoms with E-state index in [4.69, 9.17) is 0 Å². The van der Waals surface area contributed by atoms with Crippen molar-refractivity contribution in [3.8, 4) is 5.75 Å². The molecule has 0 aliphatic carbocycles. The second-order valence-electron chi connectivity index (χ2n) is 2.84. The quantitative estimate of drug-likeness (QED) is 0.794. The van der Waals surface area contributed by atoms with Gasteiger partial charge < -0.3 is 10.1 Å². The number of benzene rings is 1. The summed E-state index contributed by atoms with van der Waals surface area (Å²) in [7, 11) is 0. The highest BCUT2D eigenvalue weighted by atomic mass is 79.9. The Hall–Kier alpha value is -1.24. The summed E-state index contributed by atoms with van der Waals surface area (Å²) in [6.45, 7) is 0. The van der Waals surface area contributed by atoms with Crippen LogP contribution in [0.25, 0.3) is 0 Å². The fourth-order valence-corrected chi connectivity index (χ4v) is 1.41. The van der Waals surface area contributed by atoms with Gasteiger partial charge in [-0.25, -0.2) is 4.39 Å². The molecule has 1 aliphatic rings. The molecule has 3 nitrogen and oxygen atoms in total. The van der Waals surface area contributed by atoms with E-state index in [1.807, 2.05) is 5.32 Å². The largest absolute Gasteiger partial charge is 0.482 e. The monoisotopic (exact) mass is 281 g/mol. The third kappa shape index (κ3) is 1.67. The summed E-state index contributed by atoms with van der Waals surface area (Å²) in [5.74, 6) is -2.58. The highest BCUT2D eigenvalue weighted by molar-refractivity contribution is 9.10. The Morgan fingerprint density at radius 3 is 2.73 bits per heavy atom. The average Bonchev–Trinajstić information content (AvgIpc) is 2.11. The number of fused-ring (bicyclic) bond motifs is 1. The van der Waals surface area contributed by atoms with Crippen LogP contribution in [-0.2, 0) is 4.79 Å². The van der Waals surface area contributed by atoms with Crippen molar-refractivity contribution in [2.45, 2.75) is 6.11 Å². The molecule has 0 fully saturated rings. The normalized spacial score (nSPS) is 17.7. The Morgan fingerprint density at radius 1 is 1.40 bits per heavy atom. The van der Waals surface area contributed by atoms with Crippen molar-refractivity contribution in [1.82, 2.24) is 0 Å². The summed E-state index contributed by atoms with van der Waals surface area (Å²) in [6.07, 6.45) is -3.93. The van der Waals surface area contributed by atoms with Gasteiger partial charge in [0.2, 0.25) is 0 Å². The first kappa shape index (κ1) is 10.3. The maximum atomic E-state index is 13.0. The van der Waals surface area contributed by atoms with Crippen molar-refractivity contribution in [3.05, 3.63) is 22.4 Å². The third-order valence-electron chi connectivity index (χ3n) is 1.77. The fraction of sp³-hybridized carbons (Fsp3) is 0.125. The number of carbonyl (C=O) groups is 1. The van der Waals surface area contributed by atoms with Gasteiger partial charge >= 0.3 is 12.0 Å². The predicted octanol–water partition coefficient (Wildman–Crippen LogP) is 2.51. The number of carbonyl (C=O) groups excluding carboxylic acids is 1. The van der Waals surface area contributed by atoms with Gasteiger partial charge in [0.05, 0.1) is 10.2 Å². The van der Waals surface area contributed by atoms with E-state index in [9.17, 15) is 18.0 Å². The molecule has 0 saturated heterocycles. The van der Waals surface area contributed by atoms with Crippen molar-refractivity contribution in [2.24, 2.45) is 0 Å². The van der Waals surface area contributed by atoms with Gasteiger partial charge in [-0.3, -0.25) is 4.79 Å². The molecule has 0 unspecified atom stereocenters. The minimum Gasteiger partial charge on any atom is -0.423 e. The van der Waals surface area contributed by atoms with Crippen LogP contribution in [-0.4, -0.2) is 12.0 Å². The summed E-state index contributed by atoms with van der Waals surface area (Å²) >= 11 is 2.81. The molecule has 1 N–H and O–H groups in total. The zero-order valence-corrected chi connectivity index (χ0v) is 8.57. The molecule has 0 saturated carbocycles. The Morgan fingerprint density at radius 2 is 2.07 bits per heavy atom. The molecule has 1 heterocycles. The van der Waals surface area contributed by atoms with E-state index in [1.54, 1.807) is 0 Å². The first-order valence-electron chi connectivity index (χ1n) is 3.77. The zero-order valence-electron chi connectivity index (χ0n) is 6.98. The minimum absolute atomic E-state index is 0.0202. The standard InChI is InChI=1S/C8H3BrF3NO2/c9-3-1-6-5(2-4(3)10)13-7(14)8(11,12)15-6/h1-2H,(H,13,14). The molecule has 1 aliphatic heterocycles. The number of nitrogens with one attached hydrogen (secondary N) is 1. The van der Waals surface area contributed by atoms with E-state index in [0.717, 1.165) is 12.1 Å². The molecule has 0 bridgehead atoms. The second kappa shape index (κ2) is 3.13. The van der Waals surface area contributed by atoms with E-state index < -0.39 is 17.8 Å². The molecule has 0 atom stereocenters. The fourth-order valence-electron chi connectivity index (χ4n) is 1.09. The molecule has 2 rings (SSSR count). The average molecular weight is 282 g/mol. The van der Waals surface area contributed by atoms with Crippen LogP contribution in [0.2, 0.25) is 0 Å². The Balaban J connectivity index is 2.51. The van der Waals surface area contributed by atoms with Gasteiger partial charge in [0.1, 0.15) is 5.82 Å². The van der Waals surface area contributed by atoms with Gasteiger partial charge in [-0.1, -0.05) is 0 Å². The molecule has 1 aromatic rings. The number of hydrogen-bond acceptors (Lipinski definition) is 2. The van der Waals surface area contributed by atoms with E-state index in [1.165, 1.54) is 0 Å². The van der Waals surface area contributed by atoms with Crippen LogP contribution in [0.15, 0.2) is 16.6 Å². The van der Waals surface area contributed by atoms with Gasteiger partial charge in [0.25, 0.3) is 0 Å². The topological polar surface area (TPSA) is 38.3 Å². The predicted molar refractivity (Wildman–Crippen MR) is 48.3 cm³/mol. The molecule has 15 heavy (non-hydrogen) atoms. The van der Waals surface area contributed by atoms with Crippen LogP contribution in [0.5, 0.6) is 5.75 Å². The summed E-state index contributed by atoms with van der Waals surface area (Å²) in [5, 5.41) is 1.84. The molecule has 0 spiro atoms. The highest BCUT2D eigenvalue weighted by Crippen LogP contribution is 2.38. The van der Waals surface area contributed by atoms with Gasteiger partial charge in [-0.05, 0) is 22.0 Å². The third-order valence-corrected chi connectivity index (χ3v) is 2.38. The molecular formula is C8H3BrF3NO2. The Bertz CT molecular complexity index is 450. The SMILES string of the molecule is O=C1Nc2cc(F)c(Br)cc2OC1(F)F. The second-order valence-corrected chi connectivity index (χ2v) is 3.69. The lowest BCUT2D eigenvalue weighted by Crippen LogP contribution is -2.43. The van der Waals surface area contributed by atoms with E-state index in [0.29, 0.717) is 0 Å². The van der Waals surface area contributed by atoms with Crippen LogP contribution in [0.1, 0.15) is 0 Å². The molecular weight excluding hydrogens is 279 g/mol. The van der Waals surface area contributed by atoms with Crippen molar-refractivity contribution < 1.29 is 22.7 Å². The maximum Gasteiger partial charge on any atom is 0.482 e. The molecule has 7 heteroatoms. The zero-order chi connectivity index (χ0) is 11.2. The van der Waals surface area contributed by atoms with E-state index in [-0.39, 0.29) is 15.9 Å². The molecule has 0 aromatic heterocycles. The van der Waals surface area contributed by atoms with Crippen LogP contribution in [0.3, 0.4) is 0 Å². The van der Waals surface area contributed by atoms with Crippen LogP contribution < -0.4 is 10.1 Å². The van der Waals surface area contributed by atoms with Gasteiger partial charge in [-0.15, -0.1) is 0 Å². The summed E-state index contributed by atoms with van der Waals surface area (Å²) in [5.41, 5.74) is -0.119. The van der Waals surface area contributed by atoms with Crippen LogP contribution in [0, 0.1) is 5.82 Å². The smallest absolute Gasteiger partial charge is 0.423 e. The van der Waals surface area contributed by atoms with Gasteiger partial charge in [0.15, 0.2) is 5.75 Å². The Labute approximate surface area is 90.3 Å². The maximum absolute atomic E-state index is 13.0. The Kier molecular flexibility index (Phi) is 2.14. The van der Waals surface area contributed by atoms with Crippen LogP contribution >= 0.6 is 15.9 Å². The molecule has 0 radical (unpaired) electrons. The van der Waals surface area contributed by atoms with Crippen molar-refractivity contribution in [2.75, 3.05) is 5.32 Å². The molecule has 80 valence electrons. The lowest BCUT2D eigenvalue weighted by Gasteiger charge is -2.24. The van der Waals surface area contributed by atoms with Crippen molar-refractivity contribution in [1.29, 1.82) is 0 Å². The minimum atomic E-state index is -3.93. The summed E-state index contributed by atoms with van der Waals surface area (Å²) < 4.78 is 42.6.